The Labute approximate surface area is 143 Å². The van der Waals surface area contributed by atoms with Gasteiger partial charge in [0.2, 0.25) is 10.0 Å². The van der Waals surface area contributed by atoms with Crippen LogP contribution >= 0.6 is 15.9 Å². The number of nitrogens with one attached hydrogen (secondary N) is 1. The van der Waals surface area contributed by atoms with E-state index in [4.69, 9.17) is 5.26 Å². The van der Waals surface area contributed by atoms with E-state index in [0.29, 0.717) is 0 Å². The first-order chi connectivity index (χ1) is 10.8. The smallest absolute Gasteiger partial charge is 0.212 e. The standard InChI is InChI=1S/C16H14BrFN2O2S/c1-11(14-4-2-3-5-15(14)17)20-23(21,22)10-13-7-6-12(9-19)8-16(13)18/h2-8,11,20H,10H2,1H3. The molecule has 0 saturated carbocycles. The van der Waals surface area contributed by atoms with Crippen LogP contribution in [0.5, 0.6) is 0 Å². The predicted octanol–water partition coefficient (Wildman–Crippen LogP) is 3.64. The predicted molar refractivity (Wildman–Crippen MR) is 89.4 cm³/mol. The lowest BCUT2D eigenvalue weighted by atomic mass is 10.1. The molecule has 0 saturated heterocycles. The van der Waals surface area contributed by atoms with E-state index >= 15 is 0 Å². The van der Waals surface area contributed by atoms with Gasteiger partial charge >= 0.3 is 0 Å². The van der Waals surface area contributed by atoms with Crippen molar-refractivity contribution >= 4 is 26.0 Å². The van der Waals surface area contributed by atoms with Crippen molar-refractivity contribution in [1.29, 1.82) is 5.26 Å². The first-order valence-electron chi connectivity index (χ1n) is 6.75. The summed E-state index contributed by atoms with van der Waals surface area (Å²) in [6.45, 7) is 1.72. The van der Waals surface area contributed by atoms with Crippen LogP contribution in [0.4, 0.5) is 4.39 Å². The fourth-order valence-corrected chi connectivity index (χ4v) is 4.16. The average Bonchev–Trinajstić information content (AvgIpc) is 2.49. The van der Waals surface area contributed by atoms with E-state index in [2.05, 4.69) is 20.7 Å². The molecule has 1 atom stereocenters. The molecule has 2 rings (SSSR count). The molecule has 0 aromatic heterocycles. The van der Waals surface area contributed by atoms with Crippen LogP contribution in [0.1, 0.15) is 29.7 Å². The molecule has 0 aliphatic rings. The summed E-state index contributed by atoms with van der Waals surface area (Å²) in [5, 5.41) is 8.70. The van der Waals surface area contributed by atoms with E-state index in [9.17, 15) is 12.8 Å². The average molecular weight is 397 g/mol. The molecule has 2 aromatic rings. The van der Waals surface area contributed by atoms with E-state index in [1.165, 1.54) is 12.1 Å². The Balaban J connectivity index is 2.17. The van der Waals surface area contributed by atoms with Crippen LogP contribution in [0.15, 0.2) is 46.9 Å². The van der Waals surface area contributed by atoms with Crippen LogP contribution in [0, 0.1) is 17.1 Å². The lowest BCUT2D eigenvalue weighted by molar-refractivity contribution is 0.561. The third kappa shape index (κ3) is 4.61. The summed E-state index contributed by atoms with van der Waals surface area (Å²) in [7, 11) is -3.73. The minimum Gasteiger partial charge on any atom is -0.212 e. The van der Waals surface area contributed by atoms with Gasteiger partial charge in [0.25, 0.3) is 0 Å². The minimum absolute atomic E-state index is 0.0239. The largest absolute Gasteiger partial charge is 0.216 e. The highest BCUT2D eigenvalue weighted by atomic mass is 79.9. The van der Waals surface area contributed by atoms with Crippen molar-refractivity contribution < 1.29 is 12.8 Å². The Bertz CT molecular complexity index is 863. The van der Waals surface area contributed by atoms with Gasteiger partial charge in [-0.2, -0.15) is 5.26 Å². The van der Waals surface area contributed by atoms with Crippen LogP contribution in [0.2, 0.25) is 0 Å². The van der Waals surface area contributed by atoms with Crippen molar-refractivity contribution in [3.63, 3.8) is 0 Å². The number of rotatable bonds is 5. The molecule has 0 bridgehead atoms. The number of nitrogens with zero attached hydrogens (tertiary/aromatic N) is 1. The van der Waals surface area contributed by atoms with Gasteiger partial charge in [-0.15, -0.1) is 0 Å². The monoisotopic (exact) mass is 396 g/mol. The summed E-state index contributed by atoms with van der Waals surface area (Å²) < 4.78 is 41.6. The first-order valence-corrected chi connectivity index (χ1v) is 9.20. The molecular formula is C16H14BrFN2O2S. The van der Waals surface area contributed by atoms with Gasteiger partial charge in [0.15, 0.2) is 0 Å². The van der Waals surface area contributed by atoms with Gasteiger partial charge in [-0.1, -0.05) is 40.2 Å². The van der Waals surface area contributed by atoms with E-state index in [-0.39, 0.29) is 11.1 Å². The van der Waals surface area contributed by atoms with Gasteiger partial charge in [-0.05, 0) is 30.7 Å². The zero-order chi connectivity index (χ0) is 17.0. The first kappa shape index (κ1) is 17.6. The van der Waals surface area contributed by atoms with Crippen molar-refractivity contribution in [3.05, 3.63) is 69.4 Å². The van der Waals surface area contributed by atoms with Gasteiger partial charge in [0, 0.05) is 16.1 Å². The summed E-state index contributed by atoms with van der Waals surface area (Å²) in [5.41, 5.74) is 0.963. The lowest BCUT2D eigenvalue weighted by Crippen LogP contribution is -2.28. The molecule has 23 heavy (non-hydrogen) atoms. The van der Waals surface area contributed by atoms with Crippen LogP contribution in [0.3, 0.4) is 0 Å². The van der Waals surface area contributed by atoms with Crippen LogP contribution in [0.25, 0.3) is 0 Å². The maximum absolute atomic E-state index is 13.8. The van der Waals surface area contributed by atoms with E-state index in [1.54, 1.807) is 13.0 Å². The molecule has 1 N–H and O–H groups in total. The normalized spacial score (nSPS) is 12.6. The SMILES string of the molecule is CC(NS(=O)(=O)Cc1ccc(C#N)cc1F)c1ccccc1Br. The maximum atomic E-state index is 13.8. The summed E-state index contributed by atoms with van der Waals surface area (Å²) in [4.78, 5) is 0. The van der Waals surface area contributed by atoms with Gasteiger partial charge in [0.05, 0.1) is 17.4 Å². The molecule has 4 nitrogen and oxygen atoms in total. The highest BCUT2D eigenvalue weighted by molar-refractivity contribution is 9.10. The molecule has 1 unspecified atom stereocenters. The number of hydrogen-bond acceptors (Lipinski definition) is 3. The Morgan fingerprint density at radius 1 is 1.30 bits per heavy atom. The number of halogens is 2. The Kier molecular flexibility index (Phi) is 5.52. The number of nitriles is 1. The van der Waals surface area contributed by atoms with Crippen molar-refractivity contribution in [2.45, 2.75) is 18.7 Å². The van der Waals surface area contributed by atoms with Gasteiger partial charge in [-0.3, -0.25) is 0 Å². The van der Waals surface area contributed by atoms with E-state index in [1.807, 2.05) is 24.3 Å². The van der Waals surface area contributed by atoms with E-state index < -0.39 is 27.6 Å². The van der Waals surface area contributed by atoms with Crippen LogP contribution < -0.4 is 4.72 Å². The quantitative estimate of drug-likeness (QED) is 0.838. The maximum Gasteiger partial charge on any atom is 0.216 e. The zero-order valence-electron chi connectivity index (χ0n) is 12.3. The molecule has 0 spiro atoms. The molecule has 0 heterocycles. The Morgan fingerprint density at radius 3 is 2.61 bits per heavy atom. The van der Waals surface area contributed by atoms with Crippen molar-refractivity contribution in [2.75, 3.05) is 0 Å². The molecule has 120 valence electrons. The summed E-state index contributed by atoms with van der Waals surface area (Å²) in [6, 6.07) is 12.4. The minimum atomic E-state index is -3.73. The lowest BCUT2D eigenvalue weighted by Gasteiger charge is -2.16. The molecule has 0 aliphatic carbocycles. The van der Waals surface area contributed by atoms with Gasteiger partial charge in [0.1, 0.15) is 5.82 Å². The molecule has 0 fully saturated rings. The topological polar surface area (TPSA) is 70.0 Å². The second-order valence-corrected chi connectivity index (χ2v) is 7.65. The highest BCUT2D eigenvalue weighted by Gasteiger charge is 2.19. The third-order valence-corrected chi connectivity index (χ3v) is 5.38. The Morgan fingerprint density at radius 2 is 2.00 bits per heavy atom. The van der Waals surface area contributed by atoms with Gasteiger partial charge in [-0.25, -0.2) is 17.5 Å². The highest BCUT2D eigenvalue weighted by Crippen LogP contribution is 2.24. The zero-order valence-corrected chi connectivity index (χ0v) is 14.7. The molecule has 0 radical (unpaired) electrons. The van der Waals surface area contributed by atoms with E-state index in [0.717, 1.165) is 16.1 Å². The molecule has 7 heteroatoms. The third-order valence-electron chi connectivity index (χ3n) is 3.26. The van der Waals surface area contributed by atoms with Gasteiger partial charge < -0.3 is 0 Å². The number of benzene rings is 2. The molecule has 2 aromatic carbocycles. The fraction of sp³-hybridized carbons (Fsp3) is 0.188. The second kappa shape index (κ2) is 7.21. The van der Waals surface area contributed by atoms with Crippen molar-refractivity contribution in [3.8, 4) is 6.07 Å². The molecular weight excluding hydrogens is 383 g/mol. The van der Waals surface area contributed by atoms with Crippen molar-refractivity contribution in [2.24, 2.45) is 0 Å². The van der Waals surface area contributed by atoms with Crippen LogP contribution in [-0.2, 0) is 15.8 Å². The number of sulfonamides is 1. The fourth-order valence-electron chi connectivity index (χ4n) is 2.14. The van der Waals surface area contributed by atoms with Crippen molar-refractivity contribution in [1.82, 2.24) is 4.72 Å². The Hall–Kier alpha value is -1.75. The second-order valence-electron chi connectivity index (χ2n) is 5.04. The summed E-state index contributed by atoms with van der Waals surface area (Å²) in [5.74, 6) is -1.19. The summed E-state index contributed by atoms with van der Waals surface area (Å²) >= 11 is 3.37. The summed E-state index contributed by atoms with van der Waals surface area (Å²) in [6.07, 6.45) is 0. The van der Waals surface area contributed by atoms with Crippen LogP contribution in [-0.4, -0.2) is 8.42 Å². The molecule has 0 aliphatic heterocycles. The number of hydrogen-bond donors (Lipinski definition) is 1. The molecule has 0 amide bonds.